The molecular weight excluding hydrogens is 519 g/mol. The molecule has 1 aliphatic rings. The van der Waals surface area contributed by atoms with Crippen molar-refractivity contribution in [1.29, 1.82) is 0 Å². The number of hydrogen-bond donors (Lipinski definition) is 3. The van der Waals surface area contributed by atoms with E-state index in [1.165, 1.54) is 12.1 Å². The minimum atomic E-state index is -3.59. The number of piperidine rings is 1. The summed E-state index contributed by atoms with van der Waals surface area (Å²) in [6.45, 7) is 3.69. The van der Waals surface area contributed by atoms with Crippen molar-refractivity contribution in [3.63, 3.8) is 0 Å². The first kappa shape index (κ1) is 26.7. The van der Waals surface area contributed by atoms with Crippen LogP contribution in [0.25, 0.3) is 0 Å². The SMILES string of the molecule is Cc1c(CNC2CCN(S(=O)(=O)c3ccc(Nc4nccc(Nc5ccc(F)cc5)n4)cc3)CC2)cnn1C. The molecule has 0 unspecified atom stereocenters. The molecule has 1 fully saturated rings. The van der Waals surface area contributed by atoms with Crippen molar-refractivity contribution in [1.82, 2.24) is 29.4 Å². The number of sulfonamides is 1. The van der Waals surface area contributed by atoms with Crippen LogP contribution in [0.15, 0.2) is 71.9 Å². The Morgan fingerprint density at radius 3 is 2.31 bits per heavy atom. The maximum Gasteiger partial charge on any atom is 0.243 e. The largest absolute Gasteiger partial charge is 0.340 e. The number of nitrogens with one attached hydrogen (secondary N) is 3. The lowest BCUT2D eigenvalue weighted by Crippen LogP contribution is -2.44. The van der Waals surface area contributed by atoms with E-state index < -0.39 is 10.0 Å². The topological polar surface area (TPSA) is 117 Å². The highest BCUT2D eigenvalue weighted by atomic mass is 32.2. The summed E-state index contributed by atoms with van der Waals surface area (Å²) in [5, 5.41) is 14.0. The number of nitrogens with zero attached hydrogens (tertiary/aromatic N) is 5. The third-order valence-corrected chi connectivity index (χ3v) is 8.81. The Labute approximate surface area is 227 Å². The van der Waals surface area contributed by atoms with Gasteiger partial charge in [-0.05, 0) is 74.4 Å². The zero-order valence-corrected chi connectivity index (χ0v) is 22.6. The highest BCUT2D eigenvalue weighted by Crippen LogP contribution is 2.24. The van der Waals surface area contributed by atoms with Gasteiger partial charge in [0.2, 0.25) is 16.0 Å². The Morgan fingerprint density at radius 1 is 0.974 bits per heavy atom. The van der Waals surface area contributed by atoms with Crippen LogP contribution in [-0.4, -0.2) is 51.6 Å². The number of rotatable bonds is 9. The summed E-state index contributed by atoms with van der Waals surface area (Å²) in [4.78, 5) is 8.89. The van der Waals surface area contributed by atoms with E-state index in [4.69, 9.17) is 0 Å². The van der Waals surface area contributed by atoms with Crippen LogP contribution in [0.2, 0.25) is 0 Å². The van der Waals surface area contributed by atoms with E-state index in [0.29, 0.717) is 36.2 Å². The fourth-order valence-corrected chi connectivity index (χ4v) is 5.90. The van der Waals surface area contributed by atoms with Gasteiger partial charge in [0.15, 0.2) is 0 Å². The summed E-state index contributed by atoms with van der Waals surface area (Å²) in [5.41, 5.74) is 3.63. The minimum Gasteiger partial charge on any atom is -0.340 e. The monoisotopic (exact) mass is 550 g/mol. The van der Waals surface area contributed by atoms with Crippen molar-refractivity contribution < 1.29 is 12.8 Å². The first-order chi connectivity index (χ1) is 18.8. The van der Waals surface area contributed by atoms with Gasteiger partial charge in [-0.2, -0.15) is 14.4 Å². The highest BCUT2D eigenvalue weighted by Gasteiger charge is 2.29. The van der Waals surface area contributed by atoms with E-state index in [9.17, 15) is 12.8 Å². The molecule has 204 valence electrons. The molecule has 4 aromatic rings. The molecule has 2 aromatic heterocycles. The molecule has 0 aliphatic carbocycles. The standard InChI is InChI=1S/C27H31FN8O2S/c1-19-20(18-31-35(19)2)17-30-22-12-15-36(16-13-22)39(37,38)25-9-7-24(8-10-25)33-27-29-14-11-26(34-27)32-23-5-3-21(28)4-6-23/h3-11,14,18,22,30H,12-13,15-17H2,1-2H3,(H2,29,32,33,34). The van der Waals surface area contributed by atoms with E-state index in [2.05, 4.69) is 31.0 Å². The van der Waals surface area contributed by atoms with Crippen LogP contribution < -0.4 is 16.0 Å². The van der Waals surface area contributed by atoms with Gasteiger partial charge in [-0.1, -0.05) is 0 Å². The molecular formula is C27H31FN8O2S. The van der Waals surface area contributed by atoms with Gasteiger partial charge in [0.25, 0.3) is 0 Å². The summed E-state index contributed by atoms with van der Waals surface area (Å²) in [6.07, 6.45) is 4.96. The molecule has 0 saturated carbocycles. The number of halogens is 1. The van der Waals surface area contributed by atoms with E-state index in [0.717, 1.165) is 30.6 Å². The van der Waals surface area contributed by atoms with Crippen molar-refractivity contribution in [2.24, 2.45) is 7.05 Å². The molecule has 5 rings (SSSR count). The molecule has 2 aromatic carbocycles. The summed E-state index contributed by atoms with van der Waals surface area (Å²) in [5.74, 6) is 0.560. The molecule has 0 spiro atoms. The normalized spacial score (nSPS) is 14.8. The van der Waals surface area contributed by atoms with Crippen molar-refractivity contribution >= 4 is 33.2 Å². The van der Waals surface area contributed by atoms with Gasteiger partial charge >= 0.3 is 0 Å². The van der Waals surface area contributed by atoms with Crippen LogP contribution in [0.4, 0.5) is 27.5 Å². The highest BCUT2D eigenvalue weighted by molar-refractivity contribution is 7.89. The molecule has 12 heteroatoms. The van der Waals surface area contributed by atoms with Gasteiger partial charge in [0, 0.05) is 61.6 Å². The number of anilines is 4. The summed E-state index contributed by atoms with van der Waals surface area (Å²) >= 11 is 0. The lowest BCUT2D eigenvalue weighted by molar-refractivity contribution is 0.288. The Balaban J connectivity index is 1.16. The van der Waals surface area contributed by atoms with Crippen molar-refractivity contribution in [2.75, 3.05) is 23.7 Å². The average molecular weight is 551 g/mol. The second-order valence-electron chi connectivity index (χ2n) is 9.48. The molecule has 39 heavy (non-hydrogen) atoms. The zero-order chi connectivity index (χ0) is 27.4. The smallest absolute Gasteiger partial charge is 0.243 e. The lowest BCUT2D eigenvalue weighted by Gasteiger charge is -2.31. The van der Waals surface area contributed by atoms with E-state index >= 15 is 0 Å². The quantitative estimate of drug-likeness (QED) is 0.285. The molecule has 0 radical (unpaired) electrons. The van der Waals surface area contributed by atoms with Crippen LogP contribution in [0.3, 0.4) is 0 Å². The maximum absolute atomic E-state index is 13.2. The second kappa shape index (κ2) is 11.5. The Bertz CT molecular complexity index is 1520. The Hall–Kier alpha value is -3.87. The first-order valence-corrected chi connectivity index (χ1v) is 14.2. The molecule has 1 aliphatic heterocycles. The summed E-state index contributed by atoms with van der Waals surface area (Å²) in [7, 11) is -1.67. The third kappa shape index (κ3) is 6.41. The van der Waals surface area contributed by atoms with Gasteiger partial charge in [0.1, 0.15) is 11.6 Å². The number of hydrogen-bond acceptors (Lipinski definition) is 8. The van der Waals surface area contributed by atoms with Crippen LogP contribution in [0.5, 0.6) is 0 Å². The first-order valence-electron chi connectivity index (χ1n) is 12.7. The molecule has 0 atom stereocenters. The lowest BCUT2D eigenvalue weighted by atomic mass is 10.1. The van der Waals surface area contributed by atoms with Crippen LogP contribution in [0.1, 0.15) is 24.1 Å². The summed E-state index contributed by atoms with van der Waals surface area (Å²) in [6, 6.07) is 14.5. The van der Waals surface area contributed by atoms with Gasteiger partial charge in [0.05, 0.1) is 11.1 Å². The third-order valence-electron chi connectivity index (χ3n) is 6.89. The van der Waals surface area contributed by atoms with Crippen LogP contribution >= 0.6 is 0 Å². The van der Waals surface area contributed by atoms with Gasteiger partial charge in [-0.3, -0.25) is 4.68 Å². The van der Waals surface area contributed by atoms with Crippen molar-refractivity contribution in [3.8, 4) is 0 Å². The fourth-order valence-electron chi connectivity index (χ4n) is 4.43. The Morgan fingerprint density at radius 2 is 1.64 bits per heavy atom. The van der Waals surface area contributed by atoms with E-state index in [-0.39, 0.29) is 16.8 Å². The average Bonchev–Trinajstić information content (AvgIpc) is 3.26. The Kier molecular flexibility index (Phi) is 7.87. The van der Waals surface area contributed by atoms with Crippen molar-refractivity contribution in [3.05, 3.63) is 84.1 Å². The molecule has 0 amide bonds. The molecule has 0 bridgehead atoms. The van der Waals surface area contributed by atoms with Crippen molar-refractivity contribution in [2.45, 2.75) is 37.2 Å². The van der Waals surface area contributed by atoms with E-state index in [1.807, 2.05) is 24.9 Å². The summed E-state index contributed by atoms with van der Waals surface area (Å²) < 4.78 is 43.0. The molecule has 10 nitrogen and oxygen atoms in total. The molecule has 1 saturated heterocycles. The maximum atomic E-state index is 13.2. The minimum absolute atomic E-state index is 0.248. The predicted molar refractivity (Wildman–Crippen MR) is 148 cm³/mol. The zero-order valence-electron chi connectivity index (χ0n) is 21.8. The fraction of sp³-hybridized carbons (Fsp3) is 0.296. The molecule has 3 N–H and O–H groups in total. The predicted octanol–water partition coefficient (Wildman–Crippen LogP) is 4.09. The van der Waals surface area contributed by atoms with Gasteiger partial charge in [-0.15, -0.1) is 0 Å². The van der Waals surface area contributed by atoms with Gasteiger partial charge in [-0.25, -0.2) is 17.8 Å². The number of aromatic nitrogens is 4. The number of aryl methyl sites for hydroxylation is 1. The second-order valence-corrected chi connectivity index (χ2v) is 11.4. The molecule has 3 heterocycles. The van der Waals surface area contributed by atoms with Crippen LogP contribution in [-0.2, 0) is 23.6 Å². The number of benzene rings is 2. The van der Waals surface area contributed by atoms with Crippen LogP contribution in [0, 0.1) is 12.7 Å². The van der Waals surface area contributed by atoms with Gasteiger partial charge < -0.3 is 16.0 Å². The van der Waals surface area contributed by atoms with E-state index in [1.54, 1.807) is 53.0 Å².